The normalized spacial score (nSPS) is 15.5. The molecule has 0 radical (unpaired) electrons. The summed E-state index contributed by atoms with van der Waals surface area (Å²) in [6.07, 6.45) is 9.68. The summed E-state index contributed by atoms with van der Waals surface area (Å²) >= 11 is 0. The monoisotopic (exact) mass is 317 g/mol. The molecule has 1 aliphatic carbocycles. The number of hydrogen-bond donors (Lipinski definition) is 1. The van der Waals surface area contributed by atoms with Crippen LogP contribution in [0.2, 0.25) is 0 Å². The second-order valence-corrected chi connectivity index (χ2v) is 6.55. The largest absolute Gasteiger partial charge is 0.507 e. The van der Waals surface area contributed by atoms with Gasteiger partial charge in [0.1, 0.15) is 11.3 Å². The van der Waals surface area contributed by atoms with Gasteiger partial charge in [0.15, 0.2) is 5.78 Å². The maximum Gasteiger partial charge on any atom is 0.265 e. The maximum atomic E-state index is 12.6. The van der Waals surface area contributed by atoms with E-state index in [9.17, 15) is 14.7 Å². The predicted molar refractivity (Wildman–Crippen MR) is 92.1 cm³/mol. The molecule has 1 aromatic rings. The Kier molecular flexibility index (Phi) is 6.20. The van der Waals surface area contributed by atoms with E-state index in [-0.39, 0.29) is 22.7 Å². The van der Waals surface area contributed by atoms with E-state index in [1.807, 2.05) is 0 Å². The van der Waals surface area contributed by atoms with E-state index in [0.29, 0.717) is 31.0 Å². The predicted octanol–water partition coefficient (Wildman–Crippen LogP) is 3.98. The number of carbonyl (C=O) groups is 1. The van der Waals surface area contributed by atoms with Gasteiger partial charge >= 0.3 is 0 Å². The Balaban J connectivity index is 2.15. The molecule has 0 aromatic carbocycles. The molecule has 1 heterocycles. The zero-order chi connectivity index (χ0) is 16.8. The van der Waals surface area contributed by atoms with Gasteiger partial charge in [0.25, 0.3) is 5.56 Å². The lowest BCUT2D eigenvalue weighted by Gasteiger charge is -2.21. The van der Waals surface area contributed by atoms with Gasteiger partial charge in [-0.3, -0.25) is 9.59 Å². The third-order valence-corrected chi connectivity index (χ3v) is 4.83. The zero-order valence-electron chi connectivity index (χ0n) is 14.0. The Morgan fingerprint density at radius 2 is 2.09 bits per heavy atom. The average Bonchev–Trinajstić information content (AvgIpc) is 2.53. The first-order valence-electron chi connectivity index (χ1n) is 8.62. The third kappa shape index (κ3) is 4.34. The molecule has 0 bridgehead atoms. The van der Waals surface area contributed by atoms with Crippen LogP contribution in [0.3, 0.4) is 0 Å². The highest BCUT2D eigenvalue weighted by molar-refractivity contribution is 5.98. The van der Waals surface area contributed by atoms with Crippen LogP contribution in [-0.2, 0) is 6.54 Å². The molecular weight excluding hydrogens is 290 g/mol. The molecule has 1 fully saturated rings. The molecule has 0 spiro atoms. The van der Waals surface area contributed by atoms with Gasteiger partial charge in [-0.2, -0.15) is 0 Å². The number of carbonyl (C=O) groups excluding carboxylic acids is 1. The quantitative estimate of drug-likeness (QED) is 0.611. The summed E-state index contributed by atoms with van der Waals surface area (Å²) < 4.78 is 1.55. The number of Topliss-reactive ketones (excluding diaryl/α,β-unsaturated/α-hetero) is 1. The van der Waals surface area contributed by atoms with Crippen molar-refractivity contribution < 1.29 is 9.90 Å². The fraction of sp³-hybridized carbons (Fsp3) is 0.579. The first kappa shape index (κ1) is 17.5. The lowest BCUT2D eigenvalue weighted by atomic mass is 9.85. The van der Waals surface area contributed by atoms with Crippen LogP contribution in [0.15, 0.2) is 23.5 Å². The molecule has 0 amide bonds. The molecule has 0 unspecified atom stereocenters. The van der Waals surface area contributed by atoms with Gasteiger partial charge in [0.2, 0.25) is 0 Å². The molecule has 23 heavy (non-hydrogen) atoms. The summed E-state index contributed by atoms with van der Waals surface area (Å²) in [4.78, 5) is 25.0. The van der Waals surface area contributed by atoms with Crippen LogP contribution in [0.5, 0.6) is 5.75 Å². The minimum Gasteiger partial charge on any atom is -0.507 e. The van der Waals surface area contributed by atoms with Gasteiger partial charge in [0.05, 0.1) is 0 Å². The Labute approximate surface area is 137 Å². The molecular formula is C19H27NO3. The van der Waals surface area contributed by atoms with Crippen molar-refractivity contribution in [2.24, 2.45) is 5.92 Å². The number of aryl methyl sites for hydroxylation is 1. The standard InChI is InChI=1S/C19H27NO3/c1-3-4-12-20-14(2)13-17(22)18(19(20)23)16(21)11-10-15-8-6-5-7-9-15/h3,13,15,22H,1,4-12H2,2H3. The molecule has 126 valence electrons. The SMILES string of the molecule is C=CCCn1c(C)cc(O)c(C(=O)CCC2CCCCC2)c1=O. The van der Waals surface area contributed by atoms with Crippen LogP contribution in [0.1, 0.15) is 67.4 Å². The fourth-order valence-electron chi connectivity index (χ4n) is 3.45. The van der Waals surface area contributed by atoms with Crippen LogP contribution < -0.4 is 5.56 Å². The van der Waals surface area contributed by atoms with Crippen LogP contribution in [-0.4, -0.2) is 15.5 Å². The third-order valence-electron chi connectivity index (χ3n) is 4.83. The van der Waals surface area contributed by atoms with E-state index in [1.54, 1.807) is 17.6 Å². The second kappa shape index (κ2) is 8.14. The summed E-state index contributed by atoms with van der Waals surface area (Å²) in [6, 6.07) is 1.51. The lowest BCUT2D eigenvalue weighted by molar-refractivity contribution is 0.0965. The van der Waals surface area contributed by atoms with Gasteiger partial charge in [-0.25, -0.2) is 0 Å². The maximum absolute atomic E-state index is 12.6. The van der Waals surface area contributed by atoms with Crippen molar-refractivity contribution in [1.29, 1.82) is 0 Å². The van der Waals surface area contributed by atoms with Crippen molar-refractivity contribution in [3.63, 3.8) is 0 Å². The van der Waals surface area contributed by atoms with Crippen molar-refractivity contribution in [3.05, 3.63) is 40.3 Å². The highest BCUT2D eigenvalue weighted by atomic mass is 16.3. The molecule has 4 heteroatoms. The lowest BCUT2D eigenvalue weighted by Crippen LogP contribution is -2.28. The minimum atomic E-state index is -0.377. The Hall–Kier alpha value is -1.84. The van der Waals surface area contributed by atoms with Gasteiger partial charge in [0, 0.05) is 24.7 Å². The molecule has 0 atom stereocenters. The number of ketones is 1. The van der Waals surface area contributed by atoms with Crippen molar-refractivity contribution in [2.75, 3.05) is 0 Å². The molecule has 1 aliphatic rings. The zero-order valence-corrected chi connectivity index (χ0v) is 14.0. The molecule has 0 saturated heterocycles. The van der Waals surface area contributed by atoms with E-state index < -0.39 is 0 Å². The summed E-state index contributed by atoms with van der Waals surface area (Å²) in [5.41, 5.74) is 0.242. The Bertz CT molecular complexity index is 624. The van der Waals surface area contributed by atoms with Gasteiger partial charge in [-0.15, -0.1) is 6.58 Å². The van der Waals surface area contributed by atoms with Gasteiger partial charge in [-0.05, 0) is 25.7 Å². The van der Waals surface area contributed by atoms with E-state index in [0.717, 1.165) is 6.42 Å². The first-order valence-corrected chi connectivity index (χ1v) is 8.62. The number of nitrogens with zero attached hydrogens (tertiary/aromatic N) is 1. The average molecular weight is 317 g/mol. The van der Waals surface area contributed by atoms with Crippen LogP contribution in [0.25, 0.3) is 0 Å². The van der Waals surface area contributed by atoms with Crippen molar-refractivity contribution >= 4 is 5.78 Å². The highest BCUT2D eigenvalue weighted by Gasteiger charge is 2.21. The summed E-state index contributed by atoms with van der Waals surface area (Å²) in [6.45, 7) is 5.91. The summed E-state index contributed by atoms with van der Waals surface area (Å²) in [5.74, 6) is 0.171. The topological polar surface area (TPSA) is 59.3 Å². The summed E-state index contributed by atoms with van der Waals surface area (Å²) in [5, 5.41) is 10.1. The number of pyridine rings is 1. The van der Waals surface area contributed by atoms with Crippen molar-refractivity contribution in [3.8, 4) is 5.75 Å². The van der Waals surface area contributed by atoms with E-state index in [2.05, 4.69) is 6.58 Å². The van der Waals surface area contributed by atoms with Gasteiger partial charge < -0.3 is 9.67 Å². The molecule has 4 nitrogen and oxygen atoms in total. The molecule has 0 aliphatic heterocycles. The van der Waals surface area contributed by atoms with Gasteiger partial charge in [-0.1, -0.05) is 38.2 Å². The second-order valence-electron chi connectivity index (χ2n) is 6.55. The fourth-order valence-corrected chi connectivity index (χ4v) is 3.45. The first-order chi connectivity index (χ1) is 11.0. The minimum absolute atomic E-state index is 0.0459. The Morgan fingerprint density at radius 1 is 1.39 bits per heavy atom. The van der Waals surface area contributed by atoms with Crippen LogP contribution in [0, 0.1) is 12.8 Å². The number of hydrogen-bond acceptors (Lipinski definition) is 3. The van der Waals surface area contributed by atoms with E-state index >= 15 is 0 Å². The molecule has 1 N–H and O–H groups in total. The number of allylic oxidation sites excluding steroid dienone is 1. The van der Waals surface area contributed by atoms with Crippen LogP contribution >= 0.6 is 0 Å². The number of rotatable bonds is 7. The van der Waals surface area contributed by atoms with E-state index in [4.69, 9.17) is 0 Å². The molecule has 1 saturated carbocycles. The van der Waals surface area contributed by atoms with Crippen molar-refractivity contribution in [2.45, 2.75) is 64.8 Å². The highest BCUT2D eigenvalue weighted by Crippen LogP contribution is 2.28. The number of aromatic nitrogens is 1. The van der Waals surface area contributed by atoms with Crippen LogP contribution in [0.4, 0.5) is 0 Å². The number of aromatic hydroxyl groups is 1. The molecule has 1 aromatic heterocycles. The van der Waals surface area contributed by atoms with E-state index in [1.165, 1.54) is 38.2 Å². The Morgan fingerprint density at radius 3 is 2.74 bits per heavy atom. The summed E-state index contributed by atoms with van der Waals surface area (Å²) in [7, 11) is 0. The smallest absolute Gasteiger partial charge is 0.265 e. The molecule has 2 rings (SSSR count). The van der Waals surface area contributed by atoms with Crippen molar-refractivity contribution in [1.82, 2.24) is 4.57 Å².